The van der Waals surface area contributed by atoms with Gasteiger partial charge in [-0.2, -0.15) is 0 Å². The van der Waals surface area contributed by atoms with Gasteiger partial charge in [0.05, 0.1) is 5.36 Å². The topological polar surface area (TPSA) is 92.8 Å². The maximum absolute atomic E-state index is 11.3. The van der Waals surface area contributed by atoms with Crippen LogP contribution in [-0.4, -0.2) is 22.5 Å². The minimum absolute atomic E-state index is 0.587. The zero-order valence-corrected chi connectivity index (χ0v) is 8.83. The number of amides is 1. The molecular formula is C12H10N2O3. The Labute approximate surface area is 96.6 Å². The summed E-state index contributed by atoms with van der Waals surface area (Å²) < 4.78 is 0. The second kappa shape index (κ2) is 3.86. The number of carbonyl (C=O) groups is 2. The summed E-state index contributed by atoms with van der Waals surface area (Å²) in [5, 5.41) is 10.5. The van der Waals surface area contributed by atoms with E-state index in [-0.39, 0.29) is 0 Å². The molecule has 2 rings (SSSR count). The first-order valence-electron chi connectivity index (χ1n) is 4.93. The fourth-order valence-corrected chi connectivity index (χ4v) is 1.66. The van der Waals surface area contributed by atoms with Crippen molar-refractivity contribution in [3.63, 3.8) is 0 Å². The third-order valence-electron chi connectivity index (χ3n) is 2.46. The van der Waals surface area contributed by atoms with Crippen LogP contribution in [0, 0.1) is 0 Å². The predicted octanol–water partition coefficient (Wildman–Crippen LogP) is -1.03. The number of hydrogen-bond acceptors (Lipinski definition) is 3. The molecule has 0 aromatic heterocycles. The van der Waals surface area contributed by atoms with Crippen molar-refractivity contribution < 1.29 is 14.7 Å². The fraction of sp³-hybridized carbons (Fsp3) is 0.0833. The molecule has 3 N–H and O–H groups in total. The van der Waals surface area contributed by atoms with E-state index in [0.29, 0.717) is 5.36 Å². The van der Waals surface area contributed by atoms with Gasteiger partial charge in [-0.15, -0.1) is 0 Å². The molecule has 0 bridgehead atoms. The summed E-state index contributed by atoms with van der Waals surface area (Å²) in [6, 6.07) is 7.04. The third kappa shape index (κ3) is 1.94. The van der Waals surface area contributed by atoms with Gasteiger partial charge in [-0.1, -0.05) is 18.2 Å². The van der Waals surface area contributed by atoms with Gasteiger partial charge in [0.25, 0.3) is 0 Å². The Morgan fingerprint density at radius 3 is 2.65 bits per heavy atom. The lowest BCUT2D eigenvalue weighted by Crippen LogP contribution is -2.31. The highest BCUT2D eigenvalue weighted by molar-refractivity contribution is 5.94. The average molecular weight is 230 g/mol. The summed E-state index contributed by atoms with van der Waals surface area (Å²) in [6.45, 7) is 0. The Morgan fingerprint density at radius 1 is 1.35 bits per heavy atom. The van der Waals surface area contributed by atoms with Gasteiger partial charge in [-0.25, -0.2) is 4.79 Å². The fourth-order valence-electron chi connectivity index (χ4n) is 1.66. The Kier molecular flexibility index (Phi) is 2.51. The number of carbonyl (C=O) groups excluding carboxylic acids is 1. The smallest absolute Gasteiger partial charge is 0.339 e. The molecule has 0 saturated heterocycles. The van der Waals surface area contributed by atoms with Gasteiger partial charge < -0.3 is 10.8 Å². The first-order valence-corrected chi connectivity index (χ1v) is 4.93. The highest BCUT2D eigenvalue weighted by Gasteiger charge is 2.35. The quantitative estimate of drug-likeness (QED) is 0.650. The number of fused-ring (bicyclic) bond motifs is 1. The number of nitrogens with zero attached hydrogens (tertiary/aromatic N) is 1. The Hall–Kier alpha value is -2.43. The molecule has 5 nitrogen and oxygen atoms in total. The largest absolute Gasteiger partial charge is 0.479 e. The number of hydrogen-bond donors (Lipinski definition) is 2. The molecule has 1 aromatic rings. The number of aliphatic carboxylic acids is 1. The van der Waals surface area contributed by atoms with Crippen molar-refractivity contribution in [2.75, 3.05) is 0 Å². The lowest BCUT2D eigenvalue weighted by Gasteiger charge is -2.12. The van der Waals surface area contributed by atoms with E-state index in [0.717, 1.165) is 11.3 Å². The standard InChI is InChI=1S/C12H10N2O3/c13-10(15)5-6-12(11(16)17)7-8-3-1-2-4-9(8)14-12/h1-7H,(H2,13,15)(H,16,17). The van der Waals surface area contributed by atoms with Gasteiger partial charge >= 0.3 is 5.97 Å². The number of carboxylic acids is 1. The number of nitrogens with two attached hydrogens (primary N) is 1. The Balaban J connectivity index is 2.59. The Bertz CT molecular complexity index is 596. The first-order chi connectivity index (χ1) is 8.03. The molecule has 1 aromatic carbocycles. The van der Waals surface area contributed by atoms with Crippen molar-refractivity contribution in [3.8, 4) is 0 Å². The summed E-state index contributed by atoms with van der Waals surface area (Å²) in [6.07, 6.45) is 3.70. The van der Waals surface area contributed by atoms with E-state index in [9.17, 15) is 14.7 Å². The van der Waals surface area contributed by atoms with Crippen LogP contribution in [0.3, 0.4) is 0 Å². The normalized spacial score (nSPS) is 21.6. The number of para-hydroxylation sites is 1. The van der Waals surface area contributed by atoms with E-state index >= 15 is 0 Å². The van der Waals surface area contributed by atoms with Gasteiger partial charge in [0.2, 0.25) is 5.91 Å². The number of rotatable bonds is 3. The van der Waals surface area contributed by atoms with Crippen LogP contribution < -0.4 is 16.3 Å². The molecule has 1 atom stereocenters. The van der Waals surface area contributed by atoms with E-state index in [4.69, 9.17) is 5.73 Å². The molecule has 0 fully saturated rings. The van der Waals surface area contributed by atoms with Crippen LogP contribution in [-0.2, 0) is 9.59 Å². The average Bonchev–Trinajstić information content (AvgIpc) is 2.66. The monoisotopic (exact) mass is 230 g/mol. The van der Waals surface area contributed by atoms with E-state index in [1.54, 1.807) is 24.3 Å². The predicted molar refractivity (Wildman–Crippen MR) is 60.4 cm³/mol. The van der Waals surface area contributed by atoms with Gasteiger partial charge in [0.1, 0.15) is 0 Å². The molecule has 1 amide bonds. The molecule has 86 valence electrons. The maximum Gasteiger partial charge on any atom is 0.339 e. The van der Waals surface area contributed by atoms with Crippen LogP contribution in [0.1, 0.15) is 0 Å². The molecule has 0 spiro atoms. The second-order valence-electron chi connectivity index (χ2n) is 3.68. The van der Waals surface area contributed by atoms with Crippen LogP contribution >= 0.6 is 0 Å². The number of primary amides is 1. The van der Waals surface area contributed by atoms with Gasteiger partial charge in [0, 0.05) is 6.08 Å². The molecular weight excluding hydrogens is 220 g/mol. The van der Waals surface area contributed by atoms with Crippen molar-refractivity contribution >= 4 is 18.0 Å². The van der Waals surface area contributed by atoms with Gasteiger partial charge in [0.15, 0.2) is 5.54 Å². The summed E-state index contributed by atoms with van der Waals surface area (Å²) in [7, 11) is 0. The summed E-state index contributed by atoms with van der Waals surface area (Å²) in [5.41, 5.74) is 3.43. The molecule has 17 heavy (non-hydrogen) atoms. The zero-order chi connectivity index (χ0) is 12.5. The Morgan fingerprint density at radius 2 is 2.06 bits per heavy atom. The maximum atomic E-state index is 11.3. The van der Waals surface area contributed by atoms with E-state index in [1.165, 1.54) is 12.2 Å². The van der Waals surface area contributed by atoms with Crippen molar-refractivity contribution in [2.45, 2.75) is 5.54 Å². The highest BCUT2D eigenvalue weighted by atomic mass is 16.4. The van der Waals surface area contributed by atoms with Crippen molar-refractivity contribution in [3.05, 3.63) is 47.0 Å². The van der Waals surface area contributed by atoms with Crippen LogP contribution in [0.4, 0.5) is 0 Å². The van der Waals surface area contributed by atoms with Gasteiger partial charge in [-0.05, 0) is 23.4 Å². The van der Waals surface area contributed by atoms with Crippen molar-refractivity contribution in [2.24, 2.45) is 10.7 Å². The summed E-state index contributed by atoms with van der Waals surface area (Å²) >= 11 is 0. The van der Waals surface area contributed by atoms with E-state index < -0.39 is 17.4 Å². The minimum atomic E-state index is -1.53. The zero-order valence-electron chi connectivity index (χ0n) is 8.83. The van der Waals surface area contributed by atoms with Crippen LogP contribution in [0.15, 0.2) is 41.4 Å². The molecule has 0 saturated carbocycles. The lowest BCUT2D eigenvalue weighted by atomic mass is 10.0. The number of benzene rings is 1. The molecule has 5 heteroatoms. The number of carboxylic acid groups (broad SMARTS) is 1. The molecule has 1 aliphatic rings. The van der Waals surface area contributed by atoms with Crippen molar-refractivity contribution in [1.29, 1.82) is 0 Å². The summed E-state index contributed by atoms with van der Waals surface area (Å²) in [4.78, 5) is 26.1. The lowest BCUT2D eigenvalue weighted by molar-refractivity contribution is -0.139. The first kappa shape index (κ1) is 11.1. The van der Waals surface area contributed by atoms with Gasteiger partial charge in [-0.3, -0.25) is 9.79 Å². The second-order valence-corrected chi connectivity index (χ2v) is 3.68. The van der Waals surface area contributed by atoms with Crippen LogP contribution in [0.2, 0.25) is 0 Å². The molecule has 1 unspecified atom stereocenters. The summed E-state index contributed by atoms with van der Waals surface area (Å²) in [5.74, 6) is -1.85. The third-order valence-corrected chi connectivity index (χ3v) is 2.46. The van der Waals surface area contributed by atoms with Crippen LogP contribution in [0.25, 0.3) is 6.08 Å². The van der Waals surface area contributed by atoms with E-state index in [2.05, 4.69) is 4.99 Å². The van der Waals surface area contributed by atoms with Crippen LogP contribution in [0.5, 0.6) is 0 Å². The molecule has 1 heterocycles. The highest BCUT2D eigenvalue weighted by Crippen LogP contribution is 2.17. The molecule has 0 aliphatic carbocycles. The molecule has 0 radical (unpaired) electrons. The minimum Gasteiger partial charge on any atom is -0.479 e. The molecule has 1 aliphatic heterocycles. The SMILES string of the molecule is NC(=O)C=CC1(C(=O)O)C=c2ccccc2=N1. The van der Waals surface area contributed by atoms with Crippen molar-refractivity contribution in [1.82, 2.24) is 0 Å². The van der Waals surface area contributed by atoms with E-state index in [1.807, 2.05) is 0 Å².